The highest BCUT2D eigenvalue weighted by atomic mass is 32.1. The molecule has 0 saturated carbocycles. The third-order valence-electron chi connectivity index (χ3n) is 7.67. The first kappa shape index (κ1) is 27.6. The normalized spacial score (nSPS) is 17.4. The monoisotopic (exact) mass is 553 g/mol. The van der Waals surface area contributed by atoms with Gasteiger partial charge < -0.3 is 24.4 Å². The van der Waals surface area contributed by atoms with Gasteiger partial charge in [-0.2, -0.15) is 0 Å². The summed E-state index contributed by atoms with van der Waals surface area (Å²) in [6.45, 7) is 13.7. The van der Waals surface area contributed by atoms with E-state index in [2.05, 4.69) is 39.1 Å². The standard InChI is InChI=1S/C29H39N5O4S/c1-21-18-22-6-4-8-30-24(22)25(26(21)38-15-7-29(2,3)27(35)36)33-10-5-9-32(11-12-33)19-23-20-39-28(31-23)34-13-16-37-17-14-34/h4,6,8,18,20H,5,7,9-17,19H2,1-3H3,(H,35,36). The van der Waals surface area contributed by atoms with Crippen molar-refractivity contribution in [1.82, 2.24) is 14.9 Å². The van der Waals surface area contributed by atoms with Crippen LogP contribution in [0.2, 0.25) is 0 Å². The molecule has 2 fully saturated rings. The van der Waals surface area contributed by atoms with Crippen molar-refractivity contribution in [1.29, 1.82) is 0 Å². The molecule has 0 aliphatic carbocycles. The molecule has 0 bridgehead atoms. The smallest absolute Gasteiger partial charge is 0.309 e. The van der Waals surface area contributed by atoms with Gasteiger partial charge in [0.15, 0.2) is 5.13 Å². The number of fused-ring (bicyclic) bond motifs is 1. The predicted molar refractivity (Wildman–Crippen MR) is 155 cm³/mol. The van der Waals surface area contributed by atoms with Crippen LogP contribution < -0.4 is 14.5 Å². The Morgan fingerprint density at radius 3 is 2.77 bits per heavy atom. The molecule has 2 saturated heterocycles. The minimum atomic E-state index is -0.844. The minimum Gasteiger partial charge on any atom is -0.491 e. The fourth-order valence-corrected chi connectivity index (χ4v) is 6.04. The van der Waals surface area contributed by atoms with Crippen LogP contribution in [0.5, 0.6) is 5.75 Å². The SMILES string of the molecule is Cc1cc2cccnc2c(N2CCCN(Cc3csc(N4CCOCC4)n3)CC2)c1OCCC(C)(C)C(=O)O. The predicted octanol–water partition coefficient (Wildman–Crippen LogP) is 4.43. The van der Waals surface area contributed by atoms with Crippen LogP contribution in [0, 0.1) is 12.3 Å². The third kappa shape index (κ3) is 6.45. The Morgan fingerprint density at radius 2 is 1.97 bits per heavy atom. The zero-order valence-electron chi connectivity index (χ0n) is 23.2. The molecule has 0 unspecified atom stereocenters. The fourth-order valence-electron chi connectivity index (χ4n) is 5.17. The lowest BCUT2D eigenvalue weighted by atomic mass is 9.90. The second-order valence-corrected chi connectivity index (χ2v) is 11.9. The van der Waals surface area contributed by atoms with Crippen LogP contribution in [-0.4, -0.2) is 85.0 Å². The van der Waals surface area contributed by atoms with Crippen LogP contribution in [0.1, 0.15) is 37.9 Å². The van der Waals surface area contributed by atoms with Gasteiger partial charge >= 0.3 is 5.97 Å². The van der Waals surface area contributed by atoms with Gasteiger partial charge in [-0.15, -0.1) is 11.3 Å². The first-order valence-corrected chi connectivity index (χ1v) is 14.7. The van der Waals surface area contributed by atoms with Gasteiger partial charge in [-0.1, -0.05) is 6.07 Å². The molecule has 9 nitrogen and oxygen atoms in total. The van der Waals surface area contributed by atoms with E-state index >= 15 is 0 Å². The summed E-state index contributed by atoms with van der Waals surface area (Å²) < 4.78 is 11.8. The average molecular weight is 554 g/mol. The number of hydrogen-bond acceptors (Lipinski definition) is 9. The number of hydrogen-bond donors (Lipinski definition) is 1. The number of nitrogens with zero attached hydrogens (tertiary/aromatic N) is 5. The van der Waals surface area contributed by atoms with E-state index in [1.165, 1.54) is 0 Å². The lowest BCUT2D eigenvalue weighted by Gasteiger charge is -2.28. The summed E-state index contributed by atoms with van der Waals surface area (Å²) in [7, 11) is 0. The molecule has 3 aromatic rings. The van der Waals surface area contributed by atoms with E-state index in [1.54, 1.807) is 25.2 Å². The second kappa shape index (κ2) is 12.1. The summed E-state index contributed by atoms with van der Waals surface area (Å²) in [4.78, 5) is 28.5. The van der Waals surface area contributed by atoms with Crippen molar-refractivity contribution in [2.75, 3.05) is 68.9 Å². The maximum Gasteiger partial charge on any atom is 0.309 e. The summed E-state index contributed by atoms with van der Waals surface area (Å²) in [6.07, 6.45) is 3.28. The van der Waals surface area contributed by atoms with E-state index in [0.29, 0.717) is 13.0 Å². The fraction of sp³-hybridized carbons (Fsp3) is 0.552. The Kier molecular flexibility index (Phi) is 8.54. The molecule has 5 rings (SSSR count). The van der Waals surface area contributed by atoms with E-state index in [0.717, 1.165) is 104 Å². The van der Waals surface area contributed by atoms with Gasteiger partial charge in [-0.3, -0.25) is 14.7 Å². The molecule has 0 atom stereocenters. The Morgan fingerprint density at radius 1 is 1.15 bits per heavy atom. The summed E-state index contributed by atoms with van der Waals surface area (Å²) in [5, 5.41) is 13.9. The molecule has 0 spiro atoms. The van der Waals surface area contributed by atoms with Gasteiger partial charge in [-0.05, 0) is 51.3 Å². The minimum absolute atomic E-state index is 0.334. The number of anilines is 2. The van der Waals surface area contributed by atoms with Crippen LogP contribution in [0.25, 0.3) is 10.9 Å². The van der Waals surface area contributed by atoms with Crippen LogP contribution in [0.15, 0.2) is 29.8 Å². The van der Waals surface area contributed by atoms with E-state index < -0.39 is 11.4 Å². The lowest BCUT2D eigenvalue weighted by Crippen LogP contribution is -2.36. The van der Waals surface area contributed by atoms with E-state index in [1.807, 2.05) is 12.3 Å². The zero-order chi connectivity index (χ0) is 27.4. The molecular formula is C29H39N5O4S. The molecule has 1 aromatic carbocycles. The third-order valence-corrected chi connectivity index (χ3v) is 8.62. The van der Waals surface area contributed by atoms with Crippen molar-refractivity contribution in [3.63, 3.8) is 0 Å². The average Bonchev–Trinajstić information content (AvgIpc) is 3.27. The van der Waals surface area contributed by atoms with Gasteiger partial charge in [0.25, 0.3) is 0 Å². The molecule has 0 amide bonds. The second-order valence-electron chi connectivity index (χ2n) is 11.1. The molecule has 10 heteroatoms. The van der Waals surface area contributed by atoms with Crippen LogP contribution >= 0.6 is 11.3 Å². The van der Waals surface area contributed by atoms with Crippen molar-refractivity contribution in [2.45, 2.75) is 40.2 Å². The quantitative estimate of drug-likeness (QED) is 0.413. The summed E-state index contributed by atoms with van der Waals surface area (Å²) in [5.74, 6) is -0.00139. The van der Waals surface area contributed by atoms with Crippen molar-refractivity contribution >= 4 is 39.0 Å². The van der Waals surface area contributed by atoms with Crippen molar-refractivity contribution < 1.29 is 19.4 Å². The van der Waals surface area contributed by atoms with Crippen molar-refractivity contribution in [3.05, 3.63) is 41.0 Å². The van der Waals surface area contributed by atoms with Crippen molar-refractivity contribution in [2.24, 2.45) is 5.41 Å². The summed E-state index contributed by atoms with van der Waals surface area (Å²) in [5.41, 5.74) is 3.27. The Balaban J connectivity index is 1.31. The molecule has 4 heterocycles. The number of carboxylic acid groups (broad SMARTS) is 1. The highest BCUT2D eigenvalue weighted by Gasteiger charge is 2.28. The number of benzene rings is 1. The van der Waals surface area contributed by atoms with Crippen LogP contribution in [-0.2, 0) is 16.1 Å². The number of aryl methyl sites for hydroxylation is 1. The largest absolute Gasteiger partial charge is 0.491 e. The van der Waals surface area contributed by atoms with Crippen LogP contribution in [0.4, 0.5) is 10.8 Å². The highest BCUT2D eigenvalue weighted by Crippen LogP contribution is 2.39. The Hall–Kier alpha value is -2.95. The van der Waals surface area contributed by atoms with E-state index in [4.69, 9.17) is 19.4 Å². The Labute approximate surface area is 234 Å². The van der Waals surface area contributed by atoms with Gasteiger partial charge in [-0.25, -0.2) is 4.98 Å². The summed E-state index contributed by atoms with van der Waals surface area (Å²) in [6, 6.07) is 6.17. The van der Waals surface area contributed by atoms with Gasteiger partial charge in [0.1, 0.15) is 11.4 Å². The molecule has 0 radical (unpaired) electrons. The maximum absolute atomic E-state index is 11.6. The number of carboxylic acids is 1. The number of aromatic nitrogens is 2. The number of carbonyl (C=O) groups is 1. The van der Waals surface area contributed by atoms with Gasteiger partial charge in [0.2, 0.25) is 0 Å². The number of ether oxygens (including phenoxy) is 2. The molecule has 2 aliphatic heterocycles. The molecule has 210 valence electrons. The maximum atomic E-state index is 11.6. The van der Waals surface area contributed by atoms with Crippen LogP contribution in [0.3, 0.4) is 0 Å². The van der Waals surface area contributed by atoms with Gasteiger partial charge in [0, 0.05) is 62.8 Å². The van der Waals surface area contributed by atoms with Crippen molar-refractivity contribution in [3.8, 4) is 5.75 Å². The number of rotatable bonds is 9. The molecule has 2 aliphatic rings. The zero-order valence-corrected chi connectivity index (χ0v) is 24.0. The summed E-state index contributed by atoms with van der Waals surface area (Å²) >= 11 is 1.72. The molecular weight excluding hydrogens is 514 g/mol. The number of aliphatic carboxylic acids is 1. The first-order valence-electron chi connectivity index (χ1n) is 13.8. The van der Waals surface area contributed by atoms with Gasteiger partial charge in [0.05, 0.1) is 36.4 Å². The lowest BCUT2D eigenvalue weighted by molar-refractivity contribution is -0.147. The first-order chi connectivity index (χ1) is 18.8. The molecule has 2 aromatic heterocycles. The Bertz CT molecular complexity index is 1290. The van der Waals surface area contributed by atoms with E-state index in [9.17, 15) is 9.90 Å². The highest BCUT2D eigenvalue weighted by molar-refractivity contribution is 7.13. The number of morpholine rings is 1. The topological polar surface area (TPSA) is 91.3 Å². The number of thiazole rings is 1. The van der Waals surface area contributed by atoms with E-state index in [-0.39, 0.29) is 0 Å². The molecule has 1 N–H and O–H groups in total. The number of pyridine rings is 1. The molecule has 39 heavy (non-hydrogen) atoms.